The molecule has 1 unspecified atom stereocenters. The highest BCUT2D eigenvalue weighted by Gasteiger charge is 2.34. The van der Waals surface area contributed by atoms with Crippen LogP contribution in [-0.4, -0.2) is 37.9 Å². The van der Waals surface area contributed by atoms with E-state index in [9.17, 15) is 8.42 Å². The number of nitrogens with zero attached hydrogens (tertiary/aromatic N) is 1. The highest BCUT2D eigenvalue weighted by atomic mass is 35.5. The zero-order valence-corrected chi connectivity index (χ0v) is 14.7. The van der Waals surface area contributed by atoms with Gasteiger partial charge < -0.3 is 5.73 Å². The summed E-state index contributed by atoms with van der Waals surface area (Å²) in [5.41, 5.74) is 5.21. The summed E-state index contributed by atoms with van der Waals surface area (Å²) in [6, 6.07) is 0. The van der Waals surface area contributed by atoms with Gasteiger partial charge in [-0.05, 0) is 38.0 Å². The second-order valence-corrected chi connectivity index (χ2v) is 8.22. The van der Waals surface area contributed by atoms with Gasteiger partial charge in [-0.15, -0.1) is 12.4 Å². The molecule has 0 amide bonds. The molecule has 0 spiro atoms. The fourth-order valence-corrected chi connectivity index (χ4v) is 4.28. The van der Waals surface area contributed by atoms with Gasteiger partial charge in [0.25, 0.3) is 10.2 Å². The van der Waals surface area contributed by atoms with Gasteiger partial charge in [0.2, 0.25) is 0 Å². The van der Waals surface area contributed by atoms with Gasteiger partial charge in [0.05, 0.1) is 0 Å². The fourth-order valence-electron chi connectivity index (χ4n) is 2.67. The molecular formula is C13H30ClN3O2S. The first-order valence-corrected chi connectivity index (χ1v) is 8.61. The van der Waals surface area contributed by atoms with Gasteiger partial charge in [0.1, 0.15) is 0 Å². The van der Waals surface area contributed by atoms with E-state index in [1.165, 1.54) is 0 Å². The molecule has 0 aromatic rings. The number of rotatable bonds is 6. The Labute approximate surface area is 130 Å². The van der Waals surface area contributed by atoms with Crippen molar-refractivity contribution in [3.05, 3.63) is 0 Å². The Kier molecular flexibility index (Phi) is 7.99. The molecule has 1 saturated heterocycles. The van der Waals surface area contributed by atoms with Crippen molar-refractivity contribution in [2.24, 2.45) is 17.6 Å². The molecule has 0 radical (unpaired) electrons. The molecule has 1 atom stereocenters. The van der Waals surface area contributed by atoms with Crippen molar-refractivity contribution in [3.63, 3.8) is 0 Å². The van der Waals surface area contributed by atoms with E-state index in [1.54, 1.807) is 4.31 Å². The number of nitrogens with one attached hydrogen (secondary N) is 1. The van der Waals surface area contributed by atoms with E-state index in [0.717, 1.165) is 19.3 Å². The first kappa shape index (κ1) is 20.1. The average Bonchev–Trinajstić information content (AvgIpc) is 2.27. The summed E-state index contributed by atoms with van der Waals surface area (Å²) in [4.78, 5) is 0. The van der Waals surface area contributed by atoms with Gasteiger partial charge in [0, 0.05) is 25.2 Å². The number of hydrogen-bond acceptors (Lipinski definition) is 3. The molecule has 1 rings (SSSR count). The quantitative estimate of drug-likeness (QED) is 0.780. The van der Waals surface area contributed by atoms with Gasteiger partial charge >= 0.3 is 0 Å². The molecular weight excluding hydrogens is 298 g/mol. The van der Waals surface area contributed by atoms with Crippen LogP contribution in [0.15, 0.2) is 0 Å². The van der Waals surface area contributed by atoms with Crippen LogP contribution >= 0.6 is 12.4 Å². The summed E-state index contributed by atoms with van der Waals surface area (Å²) < 4.78 is 29.2. The van der Waals surface area contributed by atoms with Gasteiger partial charge in [-0.2, -0.15) is 17.4 Å². The van der Waals surface area contributed by atoms with Gasteiger partial charge in [-0.25, -0.2) is 0 Å². The molecule has 1 fully saturated rings. The van der Waals surface area contributed by atoms with Crippen LogP contribution in [0.2, 0.25) is 0 Å². The number of nitrogens with two attached hydrogens (primary N) is 1. The smallest absolute Gasteiger partial charge is 0.279 e. The minimum absolute atomic E-state index is 0. The normalized spacial score (nSPS) is 21.5. The minimum Gasteiger partial charge on any atom is -0.329 e. The van der Waals surface area contributed by atoms with Crippen molar-refractivity contribution in [2.45, 2.75) is 52.5 Å². The summed E-state index contributed by atoms with van der Waals surface area (Å²) in [5.74, 6) is 1.01. The Morgan fingerprint density at radius 1 is 1.35 bits per heavy atom. The predicted octanol–water partition coefficient (Wildman–Crippen LogP) is 1.74. The standard InChI is InChI=1S/C13H29N3O2S.ClH/c1-11(2)9-13(4,10-14)15-19(17,18)16-7-5-12(3)6-8-16;/h11-12,15H,5-10,14H2,1-4H3;1H. The Hall–Kier alpha value is 0.120. The SMILES string of the molecule is CC(C)CC(C)(CN)NS(=O)(=O)N1CCC(C)CC1.Cl. The van der Waals surface area contributed by atoms with Crippen molar-refractivity contribution in [3.8, 4) is 0 Å². The van der Waals surface area contributed by atoms with Crippen LogP contribution in [0.5, 0.6) is 0 Å². The second kappa shape index (κ2) is 7.94. The Bertz CT molecular complexity index is 381. The van der Waals surface area contributed by atoms with E-state index in [0.29, 0.717) is 31.5 Å². The lowest BCUT2D eigenvalue weighted by Crippen LogP contribution is -2.57. The summed E-state index contributed by atoms with van der Waals surface area (Å²) in [6.45, 7) is 9.74. The van der Waals surface area contributed by atoms with E-state index in [-0.39, 0.29) is 12.4 Å². The topological polar surface area (TPSA) is 75.4 Å². The van der Waals surface area contributed by atoms with Gasteiger partial charge in [-0.3, -0.25) is 0 Å². The number of piperidine rings is 1. The van der Waals surface area contributed by atoms with E-state index in [4.69, 9.17) is 5.73 Å². The molecule has 1 heterocycles. The Balaban J connectivity index is 0.00000361. The molecule has 5 nitrogen and oxygen atoms in total. The number of hydrogen-bond donors (Lipinski definition) is 2. The summed E-state index contributed by atoms with van der Waals surface area (Å²) >= 11 is 0. The fraction of sp³-hybridized carbons (Fsp3) is 1.00. The van der Waals surface area contributed by atoms with Crippen molar-refractivity contribution >= 4 is 22.6 Å². The van der Waals surface area contributed by atoms with Crippen LogP contribution < -0.4 is 10.5 Å². The van der Waals surface area contributed by atoms with E-state index < -0.39 is 15.7 Å². The maximum atomic E-state index is 12.4. The summed E-state index contributed by atoms with van der Waals surface area (Å²) in [6.07, 6.45) is 2.61. The van der Waals surface area contributed by atoms with Crippen LogP contribution in [0.3, 0.4) is 0 Å². The Morgan fingerprint density at radius 2 is 1.85 bits per heavy atom. The summed E-state index contributed by atoms with van der Waals surface area (Å²) in [7, 11) is -3.42. The monoisotopic (exact) mass is 327 g/mol. The van der Waals surface area contributed by atoms with Crippen molar-refractivity contribution in [2.75, 3.05) is 19.6 Å². The van der Waals surface area contributed by atoms with E-state index in [2.05, 4.69) is 25.5 Å². The highest BCUT2D eigenvalue weighted by molar-refractivity contribution is 7.87. The largest absolute Gasteiger partial charge is 0.329 e. The third-order valence-corrected chi connectivity index (χ3v) is 5.56. The maximum Gasteiger partial charge on any atom is 0.279 e. The molecule has 0 saturated carbocycles. The van der Waals surface area contributed by atoms with Crippen LogP contribution in [0, 0.1) is 11.8 Å². The summed E-state index contributed by atoms with van der Waals surface area (Å²) in [5, 5.41) is 0. The zero-order valence-electron chi connectivity index (χ0n) is 13.1. The Morgan fingerprint density at radius 3 is 2.25 bits per heavy atom. The zero-order chi connectivity index (χ0) is 14.7. The molecule has 1 aliphatic heterocycles. The number of halogens is 1. The third-order valence-electron chi connectivity index (χ3n) is 3.77. The lowest BCUT2D eigenvalue weighted by molar-refractivity contribution is 0.272. The molecule has 0 bridgehead atoms. The first-order valence-electron chi connectivity index (χ1n) is 7.17. The molecule has 122 valence electrons. The van der Waals surface area contributed by atoms with Gasteiger partial charge in [0.15, 0.2) is 0 Å². The van der Waals surface area contributed by atoms with Crippen molar-refractivity contribution < 1.29 is 8.42 Å². The van der Waals surface area contributed by atoms with Crippen LogP contribution in [0.25, 0.3) is 0 Å². The lowest BCUT2D eigenvalue weighted by atomic mass is 9.92. The molecule has 3 N–H and O–H groups in total. The lowest BCUT2D eigenvalue weighted by Gasteiger charge is -2.35. The first-order chi connectivity index (χ1) is 8.68. The van der Waals surface area contributed by atoms with E-state index >= 15 is 0 Å². The molecule has 0 aliphatic carbocycles. The average molecular weight is 328 g/mol. The molecule has 7 heteroatoms. The second-order valence-electron chi connectivity index (χ2n) is 6.55. The minimum atomic E-state index is -3.42. The predicted molar refractivity (Wildman–Crippen MR) is 86.2 cm³/mol. The molecule has 0 aromatic heterocycles. The van der Waals surface area contributed by atoms with Crippen LogP contribution in [-0.2, 0) is 10.2 Å². The van der Waals surface area contributed by atoms with E-state index in [1.807, 2.05) is 6.92 Å². The molecule has 0 aromatic carbocycles. The third kappa shape index (κ3) is 5.85. The maximum absolute atomic E-state index is 12.4. The molecule has 20 heavy (non-hydrogen) atoms. The van der Waals surface area contributed by atoms with Crippen molar-refractivity contribution in [1.29, 1.82) is 0 Å². The molecule has 1 aliphatic rings. The van der Waals surface area contributed by atoms with Crippen LogP contribution in [0.1, 0.15) is 47.0 Å². The van der Waals surface area contributed by atoms with Gasteiger partial charge in [-0.1, -0.05) is 20.8 Å². The van der Waals surface area contributed by atoms with Crippen molar-refractivity contribution in [1.82, 2.24) is 9.03 Å². The van der Waals surface area contributed by atoms with Crippen LogP contribution in [0.4, 0.5) is 0 Å². The highest BCUT2D eigenvalue weighted by Crippen LogP contribution is 2.21.